The number of hydrogen-bond acceptors (Lipinski definition) is 3. The van der Waals surface area contributed by atoms with Crippen LogP contribution in [0.4, 0.5) is 0 Å². The molecule has 3 nitrogen and oxygen atoms in total. The van der Waals surface area contributed by atoms with Gasteiger partial charge in [0.1, 0.15) is 5.78 Å². The highest BCUT2D eigenvalue weighted by Crippen LogP contribution is 2.32. The molecule has 2 rings (SSSR count). The Morgan fingerprint density at radius 2 is 2.27 bits per heavy atom. The zero-order chi connectivity index (χ0) is 10.7. The van der Waals surface area contributed by atoms with E-state index in [0.717, 1.165) is 39.0 Å². The molecule has 1 saturated carbocycles. The van der Waals surface area contributed by atoms with Crippen LogP contribution >= 0.6 is 0 Å². The van der Waals surface area contributed by atoms with Crippen LogP contribution < -0.4 is 0 Å². The summed E-state index contributed by atoms with van der Waals surface area (Å²) < 4.78 is 5.11. The van der Waals surface area contributed by atoms with Crippen molar-refractivity contribution >= 4 is 5.78 Å². The largest absolute Gasteiger partial charge is 0.383 e. The molecule has 15 heavy (non-hydrogen) atoms. The van der Waals surface area contributed by atoms with Gasteiger partial charge in [0.05, 0.1) is 6.61 Å². The van der Waals surface area contributed by atoms with Gasteiger partial charge in [-0.1, -0.05) is 0 Å². The smallest absolute Gasteiger partial charge is 0.137 e. The second-order valence-corrected chi connectivity index (χ2v) is 4.70. The van der Waals surface area contributed by atoms with E-state index in [-0.39, 0.29) is 0 Å². The van der Waals surface area contributed by atoms with E-state index >= 15 is 0 Å². The molecule has 0 aromatic heterocycles. The molecule has 0 N–H and O–H groups in total. The molecule has 0 amide bonds. The van der Waals surface area contributed by atoms with E-state index in [1.165, 1.54) is 12.8 Å². The molecule has 0 aromatic carbocycles. The van der Waals surface area contributed by atoms with Crippen molar-refractivity contribution < 1.29 is 9.53 Å². The van der Waals surface area contributed by atoms with Crippen molar-refractivity contribution in [3.63, 3.8) is 0 Å². The average Bonchev–Trinajstić information content (AvgIpc) is 2.82. The fraction of sp³-hybridized carbons (Fsp3) is 0.917. The summed E-state index contributed by atoms with van der Waals surface area (Å²) in [4.78, 5) is 14.2. The van der Waals surface area contributed by atoms with E-state index in [9.17, 15) is 4.79 Å². The van der Waals surface area contributed by atoms with Gasteiger partial charge in [-0.15, -0.1) is 0 Å². The van der Waals surface area contributed by atoms with Crippen LogP contribution in [-0.4, -0.2) is 43.5 Å². The first-order valence-electron chi connectivity index (χ1n) is 6.08. The standard InChI is InChI=1S/C12H21NO2/c1-15-9-8-13-7-3-5-11(13)10-4-2-6-12(10)14/h10-11H,2-9H2,1H3. The van der Waals surface area contributed by atoms with Crippen molar-refractivity contribution in [2.75, 3.05) is 26.8 Å². The maximum absolute atomic E-state index is 11.7. The minimum atomic E-state index is 0.337. The average molecular weight is 211 g/mol. The Kier molecular flexibility index (Phi) is 3.76. The van der Waals surface area contributed by atoms with Crippen molar-refractivity contribution in [1.82, 2.24) is 4.90 Å². The van der Waals surface area contributed by atoms with Crippen LogP contribution in [0, 0.1) is 5.92 Å². The van der Waals surface area contributed by atoms with Crippen LogP contribution in [0.3, 0.4) is 0 Å². The number of carbonyl (C=O) groups is 1. The first kappa shape index (κ1) is 11.1. The Labute approximate surface area is 91.8 Å². The van der Waals surface area contributed by atoms with Gasteiger partial charge in [0, 0.05) is 32.0 Å². The van der Waals surface area contributed by atoms with Gasteiger partial charge in [-0.3, -0.25) is 9.69 Å². The first-order valence-corrected chi connectivity index (χ1v) is 6.08. The van der Waals surface area contributed by atoms with Crippen LogP contribution in [0.2, 0.25) is 0 Å². The summed E-state index contributed by atoms with van der Waals surface area (Å²) in [6, 6.07) is 0.523. The Hall–Kier alpha value is -0.410. The summed E-state index contributed by atoms with van der Waals surface area (Å²) in [7, 11) is 1.74. The molecule has 2 atom stereocenters. The minimum Gasteiger partial charge on any atom is -0.383 e. The summed E-state index contributed by atoms with van der Waals surface area (Å²) in [5.41, 5.74) is 0. The Bertz CT molecular complexity index is 230. The summed E-state index contributed by atoms with van der Waals surface area (Å²) in [6.07, 6.45) is 5.50. The Balaban J connectivity index is 1.91. The van der Waals surface area contributed by atoms with E-state index in [0.29, 0.717) is 17.7 Å². The van der Waals surface area contributed by atoms with Crippen molar-refractivity contribution in [1.29, 1.82) is 0 Å². The molecule has 0 radical (unpaired) electrons. The number of rotatable bonds is 4. The lowest BCUT2D eigenvalue weighted by Gasteiger charge is -2.28. The summed E-state index contributed by atoms with van der Waals surface area (Å²) in [5.74, 6) is 0.841. The molecule has 2 aliphatic rings. The molecule has 0 spiro atoms. The molecular weight excluding hydrogens is 190 g/mol. The summed E-state index contributed by atoms with van der Waals surface area (Å²) in [6.45, 7) is 2.93. The second kappa shape index (κ2) is 5.08. The number of Topliss-reactive ketones (excluding diaryl/α,β-unsaturated/α-hetero) is 1. The van der Waals surface area contributed by atoms with Gasteiger partial charge < -0.3 is 4.74 Å². The monoisotopic (exact) mass is 211 g/mol. The number of carbonyl (C=O) groups excluding carboxylic acids is 1. The van der Waals surface area contributed by atoms with Gasteiger partial charge in [-0.25, -0.2) is 0 Å². The number of ketones is 1. The van der Waals surface area contributed by atoms with Crippen molar-refractivity contribution in [2.24, 2.45) is 5.92 Å². The maximum atomic E-state index is 11.7. The number of nitrogens with zero attached hydrogens (tertiary/aromatic N) is 1. The quantitative estimate of drug-likeness (QED) is 0.705. The van der Waals surface area contributed by atoms with E-state index in [1.54, 1.807) is 7.11 Å². The van der Waals surface area contributed by atoms with Gasteiger partial charge >= 0.3 is 0 Å². The Morgan fingerprint density at radius 3 is 2.93 bits per heavy atom. The molecule has 2 fully saturated rings. The van der Waals surface area contributed by atoms with E-state index in [2.05, 4.69) is 4.90 Å². The first-order chi connectivity index (χ1) is 7.33. The molecule has 86 valence electrons. The fourth-order valence-corrected chi connectivity index (χ4v) is 3.04. The normalized spacial score (nSPS) is 32.7. The van der Waals surface area contributed by atoms with Gasteiger partial charge in [-0.05, 0) is 32.2 Å². The predicted octanol–water partition coefficient (Wildman–Crippen LogP) is 1.47. The van der Waals surface area contributed by atoms with Crippen molar-refractivity contribution in [3.8, 4) is 0 Å². The second-order valence-electron chi connectivity index (χ2n) is 4.70. The van der Waals surface area contributed by atoms with E-state index in [4.69, 9.17) is 4.74 Å². The summed E-state index contributed by atoms with van der Waals surface area (Å²) >= 11 is 0. The lowest BCUT2D eigenvalue weighted by molar-refractivity contribution is -0.122. The topological polar surface area (TPSA) is 29.5 Å². The molecule has 0 aromatic rings. The number of ether oxygens (including phenoxy) is 1. The molecule has 2 unspecified atom stereocenters. The van der Waals surface area contributed by atoms with E-state index in [1.807, 2.05) is 0 Å². The van der Waals surface area contributed by atoms with Gasteiger partial charge in [0.25, 0.3) is 0 Å². The molecule has 1 aliphatic carbocycles. The van der Waals surface area contributed by atoms with Crippen molar-refractivity contribution in [2.45, 2.75) is 38.1 Å². The highest BCUT2D eigenvalue weighted by molar-refractivity contribution is 5.83. The zero-order valence-electron chi connectivity index (χ0n) is 9.58. The van der Waals surface area contributed by atoms with Gasteiger partial charge in [-0.2, -0.15) is 0 Å². The molecule has 3 heteroatoms. The Morgan fingerprint density at radius 1 is 1.40 bits per heavy atom. The third kappa shape index (κ3) is 2.40. The molecular formula is C12H21NO2. The van der Waals surface area contributed by atoms with Gasteiger partial charge in [0.15, 0.2) is 0 Å². The highest BCUT2D eigenvalue weighted by atomic mass is 16.5. The highest BCUT2D eigenvalue weighted by Gasteiger charge is 2.37. The molecule has 1 heterocycles. The minimum absolute atomic E-state index is 0.337. The number of methoxy groups -OCH3 is 1. The maximum Gasteiger partial charge on any atom is 0.137 e. The van der Waals surface area contributed by atoms with Crippen LogP contribution in [-0.2, 0) is 9.53 Å². The third-order valence-electron chi connectivity index (χ3n) is 3.81. The van der Waals surface area contributed by atoms with Crippen LogP contribution in [0.25, 0.3) is 0 Å². The van der Waals surface area contributed by atoms with Crippen molar-refractivity contribution in [3.05, 3.63) is 0 Å². The SMILES string of the molecule is COCCN1CCCC1C1CCCC1=O. The number of hydrogen-bond donors (Lipinski definition) is 0. The molecule has 1 saturated heterocycles. The lowest BCUT2D eigenvalue weighted by Crippen LogP contribution is -2.39. The van der Waals surface area contributed by atoms with Crippen LogP contribution in [0.1, 0.15) is 32.1 Å². The van der Waals surface area contributed by atoms with Crippen LogP contribution in [0.5, 0.6) is 0 Å². The zero-order valence-corrected chi connectivity index (χ0v) is 9.58. The lowest BCUT2D eigenvalue weighted by atomic mass is 9.95. The third-order valence-corrected chi connectivity index (χ3v) is 3.81. The fourth-order valence-electron chi connectivity index (χ4n) is 3.04. The summed E-state index contributed by atoms with van der Waals surface area (Å²) in [5, 5.41) is 0. The van der Waals surface area contributed by atoms with E-state index < -0.39 is 0 Å². The predicted molar refractivity (Wildman–Crippen MR) is 58.8 cm³/mol. The van der Waals surface area contributed by atoms with Crippen LogP contribution in [0.15, 0.2) is 0 Å². The van der Waals surface area contributed by atoms with Gasteiger partial charge in [0.2, 0.25) is 0 Å². The molecule has 0 bridgehead atoms. The number of likely N-dealkylation sites (tertiary alicyclic amines) is 1. The molecule has 1 aliphatic heterocycles.